The SMILES string of the molecule is Cn1c(SCc2nc(-c3ccc(F)cc3)no2)nnc1C1COc2ccccc2O1. The van der Waals surface area contributed by atoms with Crippen LogP contribution in [0.4, 0.5) is 4.39 Å². The van der Waals surface area contributed by atoms with Gasteiger partial charge in [-0.1, -0.05) is 29.1 Å². The van der Waals surface area contributed by atoms with Gasteiger partial charge < -0.3 is 18.6 Å². The Balaban J connectivity index is 1.26. The minimum atomic E-state index is -0.347. The second kappa shape index (κ2) is 7.79. The summed E-state index contributed by atoms with van der Waals surface area (Å²) in [6.45, 7) is 0.359. The Bertz CT molecular complexity index is 1180. The largest absolute Gasteiger partial charge is 0.485 e. The van der Waals surface area contributed by atoms with Gasteiger partial charge in [0.25, 0.3) is 0 Å². The van der Waals surface area contributed by atoms with Crippen molar-refractivity contribution in [1.29, 1.82) is 0 Å². The van der Waals surface area contributed by atoms with E-state index in [-0.39, 0.29) is 11.9 Å². The highest BCUT2D eigenvalue weighted by Crippen LogP contribution is 2.36. The Morgan fingerprint density at radius 2 is 1.90 bits per heavy atom. The molecule has 2 aromatic carbocycles. The zero-order valence-corrected chi connectivity index (χ0v) is 16.7. The number of thioether (sulfide) groups is 1. The van der Waals surface area contributed by atoms with Crippen molar-refractivity contribution in [2.45, 2.75) is 17.0 Å². The van der Waals surface area contributed by atoms with Crippen molar-refractivity contribution in [3.8, 4) is 22.9 Å². The smallest absolute Gasteiger partial charge is 0.237 e. The van der Waals surface area contributed by atoms with Crippen LogP contribution in [0.25, 0.3) is 11.4 Å². The number of hydrogen-bond acceptors (Lipinski definition) is 8. The van der Waals surface area contributed by atoms with Crippen LogP contribution >= 0.6 is 11.8 Å². The lowest BCUT2D eigenvalue weighted by Gasteiger charge is -2.25. The normalized spacial score (nSPS) is 15.3. The maximum atomic E-state index is 13.1. The predicted octanol–water partition coefficient (Wildman–Crippen LogP) is 3.81. The summed E-state index contributed by atoms with van der Waals surface area (Å²) in [4.78, 5) is 4.35. The lowest BCUT2D eigenvalue weighted by atomic mass is 10.2. The molecule has 1 atom stereocenters. The summed E-state index contributed by atoms with van der Waals surface area (Å²) in [7, 11) is 1.87. The number of halogens is 1. The van der Waals surface area contributed by atoms with Gasteiger partial charge in [0.05, 0.1) is 5.75 Å². The van der Waals surface area contributed by atoms with Crippen molar-refractivity contribution in [3.05, 3.63) is 66.1 Å². The fourth-order valence-corrected chi connectivity index (χ4v) is 3.79. The van der Waals surface area contributed by atoms with Crippen molar-refractivity contribution in [2.75, 3.05) is 6.61 Å². The molecule has 4 aromatic rings. The Morgan fingerprint density at radius 1 is 1.10 bits per heavy atom. The van der Waals surface area contributed by atoms with Crippen LogP contribution in [0.1, 0.15) is 17.8 Å². The molecule has 1 aliphatic heterocycles. The van der Waals surface area contributed by atoms with E-state index in [1.807, 2.05) is 35.9 Å². The Hall–Kier alpha value is -3.40. The maximum Gasteiger partial charge on any atom is 0.237 e. The molecule has 0 amide bonds. The van der Waals surface area contributed by atoms with Gasteiger partial charge in [0.2, 0.25) is 11.7 Å². The minimum Gasteiger partial charge on any atom is -0.485 e. The van der Waals surface area contributed by atoms with Crippen LogP contribution < -0.4 is 9.47 Å². The van der Waals surface area contributed by atoms with E-state index < -0.39 is 0 Å². The highest BCUT2D eigenvalue weighted by molar-refractivity contribution is 7.98. The molecule has 0 radical (unpaired) electrons. The summed E-state index contributed by atoms with van der Waals surface area (Å²) in [6.07, 6.45) is -0.347. The van der Waals surface area contributed by atoms with Crippen LogP contribution in [0.2, 0.25) is 0 Å². The van der Waals surface area contributed by atoms with Gasteiger partial charge in [-0.3, -0.25) is 0 Å². The standard InChI is InChI=1S/C20H16FN5O3S/c1-26-19(16-10-27-14-4-2-3-5-15(14)28-16)23-24-20(26)30-11-17-22-18(25-29-17)12-6-8-13(21)9-7-12/h2-9,16H,10-11H2,1H3. The summed E-state index contributed by atoms with van der Waals surface area (Å²) in [5.74, 6) is 3.04. The average molecular weight is 425 g/mol. The van der Waals surface area contributed by atoms with Crippen molar-refractivity contribution < 1.29 is 18.4 Å². The second-order valence-corrected chi connectivity index (χ2v) is 7.51. The highest BCUT2D eigenvalue weighted by atomic mass is 32.2. The summed E-state index contributed by atoms with van der Waals surface area (Å²) < 4.78 is 32.0. The zero-order chi connectivity index (χ0) is 20.5. The zero-order valence-electron chi connectivity index (χ0n) is 15.9. The Morgan fingerprint density at radius 3 is 2.73 bits per heavy atom. The summed E-state index contributed by atoms with van der Waals surface area (Å²) >= 11 is 1.42. The van der Waals surface area contributed by atoms with Gasteiger partial charge in [-0.25, -0.2) is 4.39 Å². The van der Waals surface area contributed by atoms with Gasteiger partial charge in [-0.2, -0.15) is 4.98 Å². The molecule has 0 fully saturated rings. The van der Waals surface area contributed by atoms with Crippen molar-refractivity contribution >= 4 is 11.8 Å². The fraction of sp³-hybridized carbons (Fsp3) is 0.200. The molecular formula is C20H16FN5O3S. The van der Waals surface area contributed by atoms with E-state index >= 15 is 0 Å². The van der Waals surface area contributed by atoms with Gasteiger partial charge in [0.15, 0.2) is 28.6 Å². The van der Waals surface area contributed by atoms with Crippen molar-refractivity contribution in [2.24, 2.45) is 7.05 Å². The van der Waals surface area contributed by atoms with Gasteiger partial charge in [0, 0.05) is 12.6 Å². The number of aromatic nitrogens is 5. The predicted molar refractivity (Wildman–Crippen MR) is 106 cm³/mol. The summed E-state index contributed by atoms with van der Waals surface area (Å²) in [5.41, 5.74) is 0.687. The quantitative estimate of drug-likeness (QED) is 0.446. The molecule has 0 aliphatic carbocycles. The van der Waals surface area contributed by atoms with Crippen LogP contribution in [0.15, 0.2) is 58.2 Å². The first-order valence-corrected chi connectivity index (χ1v) is 10.1. The summed E-state index contributed by atoms with van der Waals surface area (Å²) in [5, 5.41) is 13.2. The van der Waals surface area contributed by atoms with E-state index in [1.165, 1.54) is 23.9 Å². The average Bonchev–Trinajstić information content (AvgIpc) is 3.39. The number of ether oxygens (including phenoxy) is 2. The third-order valence-corrected chi connectivity index (χ3v) is 5.57. The first-order valence-electron chi connectivity index (χ1n) is 9.16. The number of fused-ring (bicyclic) bond motifs is 1. The molecule has 0 saturated heterocycles. The number of rotatable bonds is 5. The van der Waals surface area contributed by atoms with E-state index in [2.05, 4.69) is 20.3 Å². The molecule has 1 aliphatic rings. The molecule has 0 saturated carbocycles. The monoisotopic (exact) mass is 425 g/mol. The van der Waals surface area contributed by atoms with E-state index in [9.17, 15) is 4.39 Å². The van der Waals surface area contributed by atoms with E-state index in [0.29, 0.717) is 46.4 Å². The van der Waals surface area contributed by atoms with Crippen LogP contribution in [0, 0.1) is 5.82 Å². The Labute approximate surface area is 175 Å². The molecular weight excluding hydrogens is 409 g/mol. The molecule has 3 heterocycles. The number of nitrogens with zero attached hydrogens (tertiary/aromatic N) is 5. The molecule has 10 heteroatoms. The Kier molecular flexibility index (Phi) is 4.83. The second-order valence-electron chi connectivity index (χ2n) is 6.57. The van der Waals surface area contributed by atoms with Crippen molar-refractivity contribution in [1.82, 2.24) is 24.9 Å². The van der Waals surface area contributed by atoms with Crippen LogP contribution in [0.5, 0.6) is 11.5 Å². The molecule has 152 valence electrons. The highest BCUT2D eigenvalue weighted by Gasteiger charge is 2.27. The topological polar surface area (TPSA) is 88.1 Å². The molecule has 0 spiro atoms. The van der Waals surface area contributed by atoms with Crippen LogP contribution in [-0.2, 0) is 12.8 Å². The summed E-state index contributed by atoms with van der Waals surface area (Å²) in [6, 6.07) is 13.5. The first kappa shape index (κ1) is 18.6. The molecule has 0 N–H and O–H groups in total. The number of para-hydroxylation sites is 2. The fourth-order valence-electron chi connectivity index (χ4n) is 3.03. The first-order chi connectivity index (χ1) is 14.7. The van der Waals surface area contributed by atoms with E-state index in [4.69, 9.17) is 14.0 Å². The van der Waals surface area contributed by atoms with Crippen molar-refractivity contribution in [3.63, 3.8) is 0 Å². The minimum absolute atomic E-state index is 0.313. The molecule has 0 bridgehead atoms. The van der Waals surface area contributed by atoms with Gasteiger partial charge >= 0.3 is 0 Å². The van der Waals surface area contributed by atoms with E-state index in [1.54, 1.807) is 12.1 Å². The van der Waals surface area contributed by atoms with Gasteiger partial charge in [0.1, 0.15) is 12.4 Å². The number of hydrogen-bond donors (Lipinski definition) is 0. The third kappa shape index (κ3) is 3.61. The molecule has 5 rings (SSSR count). The molecule has 1 unspecified atom stereocenters. The molecule has 2 aromatic heterocycles. The lowest BCUT2D eigenvalue weighted by molar-refractivity contribution is 0.0825. The van der Waals surface area contributed by atoms with Gasteiger partial charge in [-0.05, 0) is 36.4 Å². The van der Waals surface area contributed by atoms with Crippen LogP contribution in [-0.4, -0.2) is 31.5 Å². The molecule has 8 nitrogen and oxygen atoms in total. The van der Waals surface area contributed by atoms with Crippen LogP contribution in [0.3, 0.4) is 0 Å². The number of benzene rings is 2. The van der Waals surface area contributed by atoms with Gasteiger partial charge in [-0.15, -0.1) is 10.2 Å². The lowest BCUT2D eigenvalue weighted by Crippen LogP contribution is -2.24. The maximum absolute atomic E-state index is 13.1. The van der Waals surface area contributed by atoms with E-state index in [0.717, 1.165) is 5.75 Å². The third-order valence-electron chi connectivity index (χ3n) is 4.56. The molecule has 30 heavy (non-hydrogen) atoms.